The van der Waals surface area contributed by atoms with Crippen LogP contribution in [0.2, 0.25) is 0 Å². The molecule has 1 aliphatic rings. The van der Waals surface area contributed by atoms with Gasteiger partial charge in [0, 0.05) is 23.0 Å². The van der Waals surface area contributed by atoms with E-state index in [1.807, 2.05) is 19.9 Å². The molecule has 0 aliphatic heterocycles. The number of nitrogens with one attached hydrogen (secondary N) is 2. The van der Waals surface area contributed by atoms with Gasteiger partial charge in [0.2, 0.25) is 5.91 Å². The number of anilines is 1. The van der Waals surface area contributed by atoms with Crippen LogP contribution in [-0.2, 0) is 11.2 Å². The van der Waals surface area contributed by atoms with Gasteiger partial charge in [0.1, 0.15) is 0 Å². The van der Waals surface area contributed by atoms with Gasteiger partial charge in [0.05, 0.1) is 25.3 Å². The van der Waals surface area contributed by atoms with E-state index >= 15 is 0 Å². The first-order valence-corrected chi connectivity index (χ1v) is 8.26. The quantitative estimate of drug-likeness (QED) is 0.883. The van der Waals surface area contributed by atoms with Crippen molar-refractivity contribution in [3.63, 3.8) is 0 Å². The largest absolute Gasteiger partial charge is 0.493 e. The standard InChI is InChI=1S/C18H23N3O3/c1-11(2)24-17-9-12(7-8-16(17)23-3)20-18(22)13-5-4-6-15-14(13)10-19-21-15/h7-11,13H,4-6H2,1-3H3,(H,19,21)(H,20,22)/t13-/m1/s1. The van der Waals surface area contributed by atoms with Crippen molar-refractivity contribution < 1.29 is 14.3 Å². The monoisotopic (exact) mass is 329 g/mol. The highest BCUT2D eigenvalue weighted by Crippen LogP contribution is 2.34. The van der Waals surface area contributed by atoms with Gasteiger partial charge in [-0.3, -0.25) is 9.89 Å². The Morgan fingerprint density at radius 2 is 2.21 bits per heavy atom. The first-order valence-electron chi connectivity index (χ1n) is 8.26. The molecule has 128 valence electrons. The van der Waals surface area contributed by atoms with Crippen molar-refractivity contribution >= 4 is 11.6 Å². The molecule has 24 heavy (non-hydrogen) atoms. The van der Waals surface area contributed by atoms with Crippen LogP contribution >= 0.6 is 0 Å². The van der Waals surface area contributed by atoms with Crippen LogP contribution in [0.3, 0.4) is 0 Å². The van der Waals surface area contributed by atoms with E-state index in [-0.39, 0.29) is 17.9 Å². The molecule has 1 aliphatic carbocycles. The summed E-state index contributed by atoms with van der Waals surface area (Å²) in [7, 11) is 1.60. The molecule has 2 N–H and O–H groups in total. The summed E-state index contributed by atoms with van der Waals surface area (Å²) in [4.78, 5) is 12.7. The Labute approximate surface area is 141 Å². The lowest BCUT2D eigenvalue weighted by atomic mass is 9.86. The predicted molar refractivity (Wildman–Crippen MR) is 91.7 cm³/mol. The molecule has 0 unspecified atom stereocenters. The van der Waals surface area contributed by atoms with Crippen LogP contribution in [0.25, 0.3) is 0 Å². The third-order valence-electron chi connectivity index (χ3n) is 4.16. The van der Waals surface area contributed by atoms with E-state index in [0.29, 0.717) is 17.2 Å². The molecule has 2 aromatic rings. The lowest BCUT2D eigenvalue weighted by Crippen LogP contribution is -2.24. The minimum Gasteiger partial charge on any atom is -0.493 e. The van der Waals surface area contributed by atoms with Gasteiger partial charge in [-0.15, -0.1) is 0 Å². The number of H-pyrrole nitrogens is 1. The molecule has 1 amide bonds. The Hall–Kier alpha value is -2.50. The summed E-state index contributed by atoms with van der Waals surface area (Å²) in [6.07, 6.45) is 4.56. The fourth-order valence-electron chi connectivity index (χ4n) is 3.06. The van der Waals surface area contributed by atoms with Crippen LogP contribution in [0.5, 0.6) is 11.5 Å². The number of amides is 1. The minimum absolute atomic E-state index is 0.0157. The number of carbonyl (C=O) groups excluding carboxylic acids is 1. The van der Waals surface area contributed by atoms with Crippen molar-refractivity contribution in [3.05, 3.63) is 35.7 Å². The minimum atomic E-state index is -0.163. The maximum atomic E-state index is 12.7. The van der Waals surface area contributed by atoms with Crippen LogP contribution in [0.4, 0.5) is 5.69 Å². The van der Waals surface area contributed by atoms with Gasteiger partial charge in [-0.2, -0.15) is 5.10 Å². The number of aryl methyl sites for hydroxylation is 1. The second kappa shape index (κ2) is 6.95. The number of nitrogens with zero attached hydrogens (tertiary/aromatic N) is 1. The Bertz CT molecular complexity index is 724. The van der Waals surface area contributed by atoms with Crippen LogP contribution in [-0.4, -0.2) is 29.3 Å². The van der Waals surface area contributed by atoms with Gasteiger partial charge in [-0.05, 0) is 45.2 Å². The lowest BCUT2D eigenvalue weighted by molar-refractivity contribution is -0.117. The summed E-state index contributed by atoms with van der Waals surface area (Å²) >= 11 is 0. The van der Waals surface area contributed by atoms with Gasteiger partial charge < -0.3 is 14.8 Å². The second-order valence-electron chi connectivity index (χ2n) is 6.27. The highest BCUT2D eigenvalue weighted by Gasteiger charge is 2.28. The topological polar surface area (TPSA) is 76.2 Å². The van der Waals surface area contributed by atoms with Crippen molar-refractivity contribution in [2.24, 2.45) is 0 Å². The highest BCUT2D eigenvalue weighted by molar-refractivity contribution is 5.96. The van der Waals surface area contributed by atoms with Crippen LogP contribution in [0.15, 0.2) is 24.4 Å². The second-order valence-corrected chi connectivity index (χ2v) is 6.27. The summed E-state index contributed by atoms with van der Waals surface area (Å²) in [6, 6.07) is 5.43. The van der Waals surface area contributed by atoms with Crippen molar-refractivity contribution in [1.29, 1.82) is 0 Å². The van der Waals surface area contributed by atoms with Crippen molar-refractivity contribution in [3.8, 4) is 11.5 Å². The third kappa shape index (κ3) is 3.37. The van der Waals surface area contributed by atoms with Gasteiger partial charge in [-0.1, -0.05) is 0 Å². The Balaban J connectivity index is 1.78. The molecule has 1 heterocycles. The van der Waals surface area contributed by atoms with Crippen molar-refractivity contribution in [2.75, 3.05) is 12.4 Å². The first-order chi connectivity index (χ1) is 11.6. The number of hydrogen-bond donors (Lipinski definition) is 2. The summed E-state index contributed by atoms with van der Waals surface area (Å²) in [5.74, 6) is 1.09. The molecule has 0 saturated carbocycles. The number of fused-ring (bicyclic) bond motifs is 1. The SMILES string of the molecule is COc1ccc(NC(=O)[C@@H]2CCCc3[nH]ncc32)cc1OC(C)C. The number of ether oxygens (including phenoxy) is 2. The fourth-order valence-corrected chi connectivity index (χ4v) is 3.06. The molecular formula is C18H23N3O3. The zero-order chi connectivity index (χ0) is 17.1. The molecule has 0 bridgehead atoms. The molecule has 1 atom stereocenters. The van der Waals surface area contributed by atoms with Gasteiger partial charge in [0.15, 0.2) is 11.5 Å². The van der Waals surface area contributed by atoms with E-state index in [4.69, 9.17) is 9.47 Å². The molecule has 0 radical (unpaired) electrons. The van der Waals surface area contributed by atoms with Crippen LogP contribution in [0, 0.1) is 0 Å². The molecule has 3 rings (SSSR count). The smallest absolute Gasteiger partial charge is 0.232 e. The fraction of sp³-hybridized carbons (Fsp3) is 0.444. The molecule has 1 aromatic heterocycles. The van der Waals surface area contributed by atoms with Crippen LogP contribution < -0.4 is 14.8 Å². The van der Waals surface area contributed by atoms with Gasteiger partial charge in [0.25, 0.3) is 0 Å². The number of rotatable bonds is 5. The molecule has 0 saturated heterocycles. The maximum absolute atomic E-state index is 12.7. The lowest BCUT2D eigenvalue weighted by Gasteiger charge is -2.21. The average Bonchev–Trinajstić information content (AvgIpc) is 3.03. The zero-order valence-corrected chi connectivity index (χ0v) is 14.3. The average molecular weight is 329 g/mol. The molecular weight excluding hydrogens is 306 g/mol. The Kier molecular flexibility index (Phi) is 4.74. The number of carbonyl (C=O) groups is 1. The van der Waals surface area contributed by atoms with E-state index in [0.717, 1.165) is 30.5 Å². The number of aromatic amines is 1. The highest BCUT2D eigenvalue weighted by atomic mass is 16.5. The molecule has 6 heteroatoms. The summed E-state index contributed by atoms with van der Waals surface area (Å²) < 4.78 is 11.1. The summed E-state index contributed by atoms with van der Waals surface area (Å²) in [5, 5.41) is 10.0. The van der Waals surface area contributed by atoms with Gasteiger partial charge >= 0.3 is 0 Å². The van der Waals surface area contributed by atoms with Crippen LogP contribution in [0.1, 0.15) is 43.9 Å². The zero-order valence-electron chi connectivity index (χ0n) is 14.3. The molecule has 1 aromatic carbocycles. The number of benzene rings is 1. The maximum Gasteiger partial charge on any atom is 0.232 e. The predicted octanol–water partition coefficient (Wildman–Crippen LogP) is 3.26. The summed E-state index contributed by atoms with van der Waals surface area (Å²) in [5.41, 5.74) is 2.78. The van der Waals surface area contributed by atoms with E-state index < -0.39 is 0 Å². The Morgan fingerprint density at radius 3 is 2.96 bits per heavy atom. The molecule has 0 spiro atoms. The Morgan fingerprint density at radius 1 is 1.38 bits per heavy atom. The number of hydrogen-bond acceptors (Lipinski definition) is 4. The first kappa shape index (κ1) is 16.4. The van der Waals surface area contributed by atoms with Crippen molar-refractivity contribution in [2.45, 2.75) is 45.1 Å². The third-order valence-corrected chi connectivity index (χ3v) is 4.16. The number of aromatic nitrogens is 2. The van der Waals surface area contributed by atoms with E-state index in [1.54, 1.807) is 25.4 Å². The van der Waals surface area contributed by atoms with E-state index in [1.165, 1.54) is 0 Å². The summed E-state index contributed by atoms with van der Waals surface area (Å²) in [6.45, 7) is 3.90. The van der Waals surface area contributed by atoms with E-state index in [9.17, 15) is 4.79 Å². The molecule has 6 nitrogen and oxygen atoms in total. The van der Waals surface area contributed by atoms with Gasteiger partial charge in [-0.25, -0.2) is 0 Å². The molecule has 0 fully saturated rings. The van der Waals surface area contributed by atoms with Crippen molar-refractivity contribution in [1.82, 2.24) is 10.2 Å². The van der Waals surface area contributed by atoms with E-state index in [2.05, 4.69) is 15.5 Å². The number of methoxy groups -OCH3 is 1. The normalized spacial score (nSPS) is 16.6.